The predicted molar refractivity (Wildman–Crippen MR) is 81.6 cm³/mol. The van der Waals surface area contributed by atoms with Gasteiger partial charge in [0.15, 0.2) is 0 Å². The SMILES string of the molecule is CNS(=O)(=O)c1ccc(Nc2ccccc2C)c(N)c1. The standard InChI is InChI=1S/C14H17N3O2S/c1-10-5-3-4-6-13(10)17-14-8-7-11(9-12(14)15)20(18,19)16-2/h3-9,16-17H,15H2,1-2H3. The monoisotopic (exact) mass is 291 g/mol. The van der Waals surface area contributed by atoms with Crippen LogP contribution in [-0.4, -0.2) is 15.5 Å². The molecule has 0 saturated heterocycles. The third kappa shape index (κ3) is 2.92. The van der Waals surface area contributed by atoms with Crippen molar-refractivity contribution in [2.24, 2.45) is 0 Å². The summed E-state index contributed by atoms with van der Waals surface area (Å²) in [5.41, 5.74) is 8.99. The Balaban J connectivity index is 2.34. The molecule has 0 amide bonds. The van der Waals surface area contributed by atoms with Crippen LogP contribution in [0.2, 0.25) is 0 Å². The summed E-state index contributed by atoms with van der Waals surface area (Å²) in [5, 5.41) is 3.20. The molecular weight excluding hydrogens is 274 g/mol. The van der Waals surface area contributed by atoms with Gasteiger partial charge in [0, 0.05) is 5.69 Å². The van der Waals surface area contributed by atoms with Crippen molar-refractivity contribution in [2.75, 3.05) is 18.1 Å². The maximum atomic E-state index is 11.7. The minimum atomic E-state index is -3.48. The van der Waals surface area contributed by atoms with Crippen LogP contribution in [0.4, 0.5) is 17.1 Å². The molecule has 0 fully saturated rings. The highest BCUT2D eigenvalue weighted by atomic mass is 32.2. The van der Waals surface area contributed by atoms with Crippen LogP contribution in [0.5, 0.6) is 0 Å². The van der Waals surface area contributed by atoms with E-state index in [9.17, 15) is 8.42 Å². The smallest absolute Gasteiger partial charge is 0.240 e. The average molecular weight is 291 g/mol. The number of para-hydroxylation sites is 1. The van der Waals surface area contributed by atoms with Crippen LogP contribution in [0.15, 0.2) is 47.4 Å². The van der Waals surface area contributed by atoms with Gasteiger partial charge in [-0.2, -0.15) is 0 Å². The Morgan fingerprint density at radius 2 is 1.75 bits per heavy atom. The number of hydrogen-bond acceptors (Lipinski definition) is 4. The fourth-order valence-corrected chi connectivity index (χ4v) is 2.56. The third-order valence-electron chi connectivity index (χ3n) is 3.02. The van der Waals surface area contributed by atoms with Gasteiger partial charge in [-0.3, -0.25) is 0 Å². The molecule has 0 atom stereocenters. The lowest BCUT2D eigenvalue weighted by atomic mass is 10.2. The minimum Gasteiger partial charge on any atom is -0.397 e. The van der Waals surface area contributed by atoms with Gasteiger partial charge in [0.25, 0.3) is 0 Å². The van der Waals surface area contributed by atoms with Crippen molar-refractivity contribution in [3.8, 4) is 0 Å². The fraction of sp³-hybridized carbons (Fsp3) is 0.143. The Hall–Kier alpha value is -2.05. The van der Waals surface area contributed by atoms with E-state index in [0.29, 0.717) is 11.4 Å². The molecule has 0 saturated carbocycles. The molecule has 0 radical (unpaired) electrons. The molecule has 5 nitrogen and oxygen atoms in total. The number of nitrogens with one attached hydrogen (secondary N) is 2. The zero-order valence-corrected chi connectivity index (χ0v) is 12.2. The molecule has 4 N–H and O–H groups in total. The van der Waals surface area contributed by atoms with Gasteiger partial charge < -0.3 is 11.1 Å². The van der Waals surface area contributed by atoms with Crippen molar-refractivity contribution in [2.45, 2.75) is 11.8 Å². The molecule has 0 heterocycles. The summed E-state index contributed by atoms with van der Waals surface area (Å²) in [6.07, 6.45) is 0. The maximum absolute atomic E-state index is 11.7. The fourth-order valence-electron chi connectivity index (χ4n) is 1.80. The van der Waals surface area contributed by atoms with Gasteiger partial charge in [-0.1, -0.05) is 18.2 Å². The maximum Gasteiger partial charge on any atom is 0.240 e. The lowest BCUT2D eigenvalue weighted by molar-refractivity contribution is 0.588. The van der Waals surface area contributed by atoms with E-state index in [1.54, 1.807) is 6.07 Å². The van der Waals surface area contributed by atoms with Gasteiger partial charge in [-0.15, -0.1) is 0 Å². The Kier molecular flexibility index (Phi) is 3.96. The van der Waals surface area contributed by atoms with E-state index in [0.717, 1.165) is 11.3 Å². The van der Waals surface area contributed by atoms with E-state index in [2.05, 4.69) is 10.0 Å². The number of nitrogen functional groups attached to an aromatic ring is 1. The van der Waals surface area contributed by atoms with E-state index in [1.807, 2.05) is 31.2 Å². The van der Waals surface area contributed by atoms with Crippen LogP contribution in [0, 0.1) is 6.92 Å². The number of benzene rings is 2. The van der Waals surface area contributed by atoms with Crippen molar-refractivity contribution < 1.29 is 8.42 Å². The highest BCUT2D eigenvalue weighted by Crippen LogP contribution is 2.27. The van der Waals surface area contributed by atoms with E-state index in [-0.39, 0.29) is 4.90 Å². The average Bonchev–Trinajstić information content (AvgIpc) is 2.43. The number of hydrogen-bond donors (Lipinski definition) is 3. The summed E-state index contributed by atoms with van der Waals surface area (Å²) >= 11 is 0. The summed E-state index contributed by atoms with van der Waals surface area (Å²) in [7, 11) is -2.11. The highest BCUT2D eigenvalue weighted by Gasteiger charge is 2.13. The summed E-state index contributed by atoms with van der Waals surface area (Å²) in [4.78, 5) is 0.146. The van der Waals surface area contributed by atoms with Gasteiger partial charge in [0.1, 0.15) is 0 Å². The molecule has 2 rings (SSSR count). The minimum absolute atomic E-state index is 0.146. The first-order valence-corrected chi connectivity index (χ1v) is 7.58. The van der Waals surface area contributed by atoms with Gasteiger partial charge >= 0.3 is 0 Å². The number of anilines is 3. The molecule has 0 aliphatic rings. The zero-order chi connectivity index (χ0) is 14.8. The van der Waals surface area contributed by atoms with Crippen LogP contribution in [-0.2, 0) is 10.0 Å². The van der Waals surface area contributed by atoms with Crippen LogP contribution >= 0.6 is 0 Å². The van der Waals surface area contributed by atoms with E-state index in [4.69, 9.17) is 5.73 Å². The quantitative estimate of drug-likeness (QED) is 0.754. The van der Waals surface area contributed by atoms with Gasteiger partial charge in [0.05, 0.1) is 16.3 Å². The molecule has 0 bridgehead atoms. The summed E-state index contributed by atoms with van der Waals surface area (Å²) < 4.78 is 25.6. The van der Waals surface area contributed by atoms with Crippen LogP contribution < -0.4 is 15.8 Å². The third-order valence-corrected chi connectivity index (χ3v) is 4.43. The summed E-state index contributed by atoms with van der Waals surface area (Å²) in [5.74, 6) is 0. The number of rotatable bonds is 4. The molecule has 2 aromatic carbocycles. The van der Waals surface area contributed by atoms with Crippen LogP contribution in [0.1, 0.15) is 5.56 Å². The van der Waals surface area contributed by atoms with E-state index in [1.165, 1.54) is 19.2 Å². The second-order valence-corrected chi connectivity index (χ2v) is 6.28. The first-order chi connectivity index (χ1) is 9.44. The van der Waals surface area contributed by atoms with Gasteiger partial charge in [-0.05, 0) is 43.8 Å². The molecule has 6 heteroatoms. The second kappa shape index (κ2) is 5.52. The molecule has 0 unspecified atom stereocenters. The van der Waals surface area contributed by atoms with Gasteiger partial charge in [-0.25, -0.2) is 13.1 Å². The summed E-state index contributed by atoms with van der Waals surface area (Å²) in [6.45, 7) is 1.98. The Morgan fingerprint density at radius 3 is 2.35 bits per heavy atom. The van der Waals surface area contributed by atoms with Crippen LogP contribution in [0.25, 0.3) is 0 Å². The van der Waals surface area contributed by atoms with Crippen LogP contribution in [0.3, 0.4) is 0 Å². The van der Waals surface area contributed by atoms with Crippen molar-refractivity contribution in [3.05, 3.63) is 48.0 Å². The van der Waals surface area contributed by atoms with E-state index < -0.39 is 10.0 Å². The van der Waals surface area contributed by atoms with Crippen molar-refractivity contribution in [3.63, 3.8) is 0 Å². The Labute approximate surface area is 118 Å². The lowest BCUT2D eigenvalue weighted by Crippen LogP contribution is -2.18. The number of sulfonamides is 1. The van der Waals surface area contributed by atoms with Crippen molar-refractivity contribution >= 4 is 27.1 Å². The topological polar surface area (TPSA) is 84.2 Å². The van der Waals surface area contributed by atoms with E-state index >= 15 is 0 Å². The Bertz CT molecular complexity index is 727. The largest absolute Gasteiger partial charge is 0.397 e. The molecular formula is C14H17N3O2S. The Morgan fingerprint density at radius 1 is 1.05 bits per heavy atom. The second-order valence-electron chi connectivity index (χ2n) is 4.40. The molecule has 20 heavy (non-hydrogen) atoms. The first-order valence-electron chi connectivity index (χ1n) is 6.10. The molecule has 2 aromatic rings. The molecule has 0 aromatic heterocycles. The normalized spacial score (nSPS) is 11.3. The molecule has 0 aliphatic carbocycles. The lowest BCUT2D eigenvalue weighted by Gasteiger charge is -2.12. The molecule has 0 spiro atoms. The molecule has 0 aliphatic heterocycles. The van der Waals surface area contributed by atoms with Crippen molar-refractivity contribution in [1.82, 2.24) is 4.72 Å². The predicted octanol–water partition coefficient (Wildman–Crippen LogP) is 2.23. The number of aryl methyl sites for hydroxylation is 1. The van der Waals surface area contributed by atoms with Crippen molar-refractivity contribution in [1.29, 1.82) is 0 Å². The zero-order valence-electron chi connectivity index (χ0n) is 11.3. The highest BCUT2D eigenvalue weighted by molar-refractivity contribution is 7.89. The number of nitrogens with two attached hydrogens (primary N) is 1. The first kappa shape index (κ1) is 14.4. The molecule has 106 valence electrons. The summed E-state index contributed by atoms with van der Waals surface area (Å²) in [6, 6.07) is 12.4. The van der Waals surface area contributed by atoms with Gasteiger partial charge in [0.2, 0.25) is 10.0 Å².